The number of rotatable bonds is 5. The molecule has 180 valence electrons. The molecule has 35 heavy (non-hydrogen) atoms. The number of nitrogens with zero attached hydrogens (tertiary/aromatic N) is 1. The molecule has 1 amide bonds. The fourth-order valence-electron chi connectivity index (χ4n) is 4.29. The first-order chi connectivity index (χ1) is 16.8. The van der Waals surface area contributed by atoms with Crippen molar-refractivity contribution in [1.29, 1.82) is 0 Å². The van der Waals surface area contributed by atoms with Gasteiger partial charge in [0.1, 0.15) is 12.4 Å². The molecule has 5 rings (SSSR count). The van der Waals surface area contributed by atoms with Crippen molar-refractivity contribution in [2.24, 2.45) is 0 Å². The van der Waals surface area contributed by atoms with Gasteiger partial charge in [-0.2, -0.15) is 0 Å². The summed E-state index contributed by atoms with van der Waals surface area (Å²) in [5.41, 5.74) is 0.782. The van der Waals surface area contributed by atoms with Crippen LogP contribution in [0.2, 0.25) is 0 Å². The lowest BCUT2D eigenvalue weighted by Gasteiger charge is -2.23. The van der Waals surface area contributed by atoms with E-state index in [0.717, 1.165) is 12.8 Å². The minimum absolute atomic E-state index is 0.0216. The Morgan fingerprint density at radius 3 is 2.57 bits per heavy atom. The molecule has 1 fully saturated rings. The maximum atomic E-state index is 13.6. The smallest absolute Gasteiger partial charge is 0.338 e. The third kappa shape index (κ3) is 4.44. The second-order valence-corrected chi connectivity index (χ2v) is 10.3. The van der Waals surface area contributed by atoms with E-state index in [2.05, 4.69) is 0 Å². The van der Waals surface area contributed by atoms with Gasteiger partial charge in [0, 0.05) is 6.61 Å². The van der Waals surface area contributed by atoms with Gasteiger partial charge >= 0.3 is 5.97 Å². The Morgan fingerprint density at radius 2 is 1.83 bits per heavy atom. The lowest BCUT2D eigenvalue weighted by Crippen LogP contribution is -2.30. The highest BCUT2D eigenvalue weighted by molar-refractivity contribution is 7.91. The van der Waals surface area contributed by atoms with Crippen molar-refractivity contribution in [3.05, 3.63) is 89.2 Å². The Balaban J connectivity index is 1.58. The third-order valence-electron chi connectivity index (χ3n) is 6.11. The summed E-state index contributed by atoms with van der Waals surface area (Å²) in [6.45, 7) is 0.697. The van der Waals surface area contributed by atoms with Crippen molar-refractivity contribution < 1.29 is 31.9 Å². The van der Waals surface area contributed by atoms with Gasteiger partial charge in [0.2, 0.25) is 9.84 Å². The minimum Gasteiger partial charge on any atom is -0.459 e. The van der Waals surface area contributed by atoms with Gasteiger partial charge in [-0.05, 0) is 60.9 Å². The Hall–Kier alpha value is -3.56. The van der Waals surface area contributed by atoms with Crippen molar-refractivity contribution in [3.63, 3.8) is 0 Å². The highest BCUT2D eigenvalue weighted by Crippen LogP contribution is 2.38. The number of benzene rings is 3. The van der Waals surface area contributed by atoms with Crippen molar-refractivity contribution in [1.82, 2.24) is 0 Å². The predicted octanol–water partition coefficient (Wildman–Crippen LogP) is 4.15. The molecule has 0 spiro atoms. The van der Waals surface area contributed by atoms with Crippen LogP contribution in [0.15, 0.2) is 76.5 Å². The SMILES string of the molecule is O=C(OC[C@H]1CCCO1)c1ccc2c(c1)N(Cc1ccc(F)cc1)C(=O)c1ccccc1S2(=O)=O. The van der Waals surface area contributed by atoms with E-state index >= 15 is 0 Å². The number of amides is 1. The standard InChI is InChI=1S/C26H22FNO6S/c27-19-10-7-17(8-11-19)15-28-22-14-18(26(30)34-16-20-4-3-13-33-20)9-12-24(22)35(31,32)23-6-2-1-5-21(23)25(28)29/h1-2,5-12,14,20H,3-4,13,15-16H2/t20-/m1/s1. The lowest BCUT2D eigenvalue weighted by molar-refractivity contribution is 0.0161. The predicted molar refractivity (Wildman–Crippen MR) is 125 cm³/mol. The number of esters is 1. The van der Waals surface area contributed by atoms with E-state index in [4.69, 9.17) is 9.47 Å². The number of sulfone groups is 1. The largest absolute Gasteiger partial charge is 0.459 e. The van der Waals surface area contributed by atoms with Gasteiger partial charge in [-0.25, -0.2) is 17.6 Å². The van der Waals surface area contributed by atoms with E-state index in [1.807, 2.05) is 0 Å². The molecule has 1 atom stereocenters. The van der Waals surface area contributed by atoms with Crippen LogP contribution in [0.1, 0.15) is 39.1 Å². The van der Waals surface area contributed by atoms with E-state index < -0.39 is 27.5 Å². The zero-order valence-electron chi connectivity index (χ0n) is 18.6. The first-order valence-corrected chi connectivity index (χ1v) is 12.7. The Morgan fingerprint density at radius 1 is 1.06 bits per heavy atom. The number of anilines is 1. The molecule has 2 aliphatic heterocycles. The number of carbonyl (C=O) groups excluding carboxylic acids is 2. The van der Waals surface area contributed by atoms with Crippen LogP contribution in [-0.2, 0) is 25.9 Å². The van der Waals surface area contributed by atoms with Crippen LogP contribution in [-0.4, -0.2) is 39.6 Å². The molecule has 9 heteroatoms. The molecule has 2 aliphatic rings. The van der Waals surface area contributed by atoms with E-state index in [0.29, 0.717) is 12.2 Å². The van der Waals surface area contributed by atoms with E-state index in [1.54, 1.807) is 12.1 Å². The van der Waals surface area contributed by atoms with E-state index in [1.165, 1.54) is 59.5 Å². The summed E-state index contributed by atoms with van der Waals surface area (Å²) < 4.78 is 51.4. The molecule has 1 saturated heterocycles. The molecule has 0 N–H and O–H groups in total. The van der Waals surface area contributed by atoms with Gasteiger partial charge < -0.3 is 14.4 Å². The van der Waals surface area contributed by atoms with Crippen LogP contribution in [0.25, 0.3) is 0 Å². The van der Waals surface area contributed by atoms with Crippen LogP contribution >= 0.6 is 0 Å². The summed E-state index contributed by atoms with van der Waals surface area (Å²) >= 11 is 0. The zero-order valence-corrected chi connectivity index (χ0v) is 19.5. The van der Waals surface area contributed by atoms with Crippen molar-refractivity contribution >= 4 is 27.4 Å². The summed E-state index contributed by atoms with van der Waals surface area (Å²) in [4.78, 5) is 27.4. The quantitative estimate of drug-likeness (QED) is 0.494. The topological polar surface area (TPSA) is 90.0 Å². The average molecular weight is 496 g/mol. The first kappa shape index (κ1) is 23.2. The maximum absolute atomic E-state index is 13.6. The Bertz CT molecular complexity index is 1400. The molecule has 3 aromatic rings. The van der Waals surface area contributed by atoms with Gasteiger partial charge in [-0.3, -0.25) is 4.79 Å². The first-order valence-electron chi connectivity index (χ1n) is 11.2. The highest BCUT2D eigenvalue weighted by Gasteiger charge is 2.36. The number of fused-ring (bicyclic) bond motifs is 2. The number of carbonyl (C=O) groups is 2. The molecule has 0 aliphatic carbocycles. The van der Waals surface area contributed by atoms with Crippen LogP contribution in [0.3, 0.4) is 0 Å². The minimum atomic E-state index is -4.07. The molecular weight excluding hydrogens is 473 g/mol. The number of halogens is 1. The van der Waals surface area contributed by atoms with Crippen LogP contribution in [0.4, 0.5) is 10.1 Å². The molecule has 0 saturated carbocycles. The molecule has 0 bridgehead atoms. The van der Waals surface area contributed by atoms with Crippen molar-refractivity contribution in [2.75, 3.05) is 18.1 Å². The second kappa shape index (κ2) is 9.24. The molecule has 3 aromatic carbocycles. The Labute approximate surface area is 202 Å². The van der Waals surface area contributed by atoms with E-state index in [-0.39, 0.29) is 45.9 Å². The molecule has 0 aromatic heterocycles. The summed E-state index contributed by atoms with van der Waals surface area (Å²) in [7, 11) is -4.07. The molecule has 0 unspecified atom stereocenters. The number of hydrogen-bond donors (Lipinski definition) is 0. The molecule has 7 nitrogen and oxygen atoms in total. The lowest BCUT2D eigenvalue weighted by atomic mass is 10.1. The highest BCUT2D eigenvalue weighted by atomic mass is 32.2. The summed E-state index contributed by atoms with van der Waals surface area (Å²) in [6.07, 6.45) is 1.54. The van der Waals surface area contributed by atoms with Crippen molar-refractivity contribution in [3.8, 4) is 0 Å². The summed E-state index contributed by atoms with van der Waals surface area (Å²) in [5, 5.41) is 0. The number of hydrogen-bond acceptors (Lipinski definition) is 6. The molecule has 0 radical (unpaired) electrons. The fourth-order valence-corrected chi connectivity index (χ4v) is 5.92. The summed E-state index contributed by atoms with van der Waals surface area (Å²) in [5.74, 6) is -1.62. The van der Waals surface area contributed by atoms with Gasteiger partial charge in [0.25, 0.3) is 5.91 Å². The molecule has 2 heterocycles. The second-order valence-electron chi connectivity index (χ2n) is 8.43. The van der Waals surface area contributed by atoms with Crippen LogP contribution in [0.5, 0.6) is 0 Å². The Kier molecular flexibility index (Phi) is 6.12. The van der Waals surface area contributed by atoms with Gasteiger partial charge in [-0.1, -0.05) is 24.3 Å². The third-order valence-corrected chi connectivity index (χ3v) is 7.96. The van der Waals surface area contributed by atoms with Crippen LogP contribution in [0, 0.1) is 5.82 Å². The molecular formula is C26H22FNO6S. The van der Waals surface area contributed by atoms with Gasteiger partial charge in [-0.15, -0.1) is 0 Å². The average Bonchev–Trinajstić information content (AvgIpc) is 3.38. The number of ether oxygens (including phenoxy) is 2. The maximum Gasteiger partial charge on any atom is 0.338 e. The summed E-state index contributed by atoms with van der Waals surface area (Å²) in [6, 6.07) is 15.6. The van der Waals surface area contributed by atoms with Crippen molar-refractivity contribution in [2.45, 2.75) is 35.3 Å². The fraction of sp³-hybridized carbons (Fsp3) is 0.231. The van der Waals surface area contributed by atoms with Crippen LogP contribution < -0.4 is 4.90 Å². The monoisotopic (exact) mass is 495 g/mol. The normalized spacial score (nSPS) is 18.5. The van der Waals surface area contributed by atoms with E-state index in [9.17, 15) is 22.4 Å². The van der Waals surface area contributed by atoms with Gasteiger partial charge in [0.15, 0.2) is 0 Å². The van der Waals surface area contributed by atoms with Gasteiger partial charge in [0.05, 0.1) is 39.3 Å². The zero-order chi connectivity index (χ0) is 24.6.